The SMILES string of the molecule is CCNC(=O)CCCC(=O)NCC1(C)CCNCC1.Cl. The molecule has 0 aromatic heterocycles. The molecule has 0 saturated carbocycles. The largest absolute Gasteiger partial charge is 0.356 e. The minimum Gasteiger partial charge on any atom is -0.356 e. The summed E-state index contributed by atoms with van der Waals surface area (Å²) >= 11 is 0. The Kier molecular flexibility index (Phi) is 9.59. The Bertz CT molecular complexity index is 305. The van der Waals surface area contributed by atoms with E-state index < -0.39 is 0 Å². The number of hydrogen-bond donors (Lipinski definition) is 3. The van der Waals surface area contributed by atoms with E-state index in [0.717, 1.165) is 32.5 Å². The van der Waals surface area contributed by atoms with Crippen molar-refractivity contribution in [2.45, 2.75) is 46.0 Å². The molecule has 1 fully saturated rings. The first-order valence-electron chi connectivity index (χ1n) is 7.30. The molecule has 3 N–H and O–H groups in total. The number of amides is 2. The molecular weight excluding hydrogens is 278 g/mol. The van der Waals surface area contributed by atoms with E-state index in [0.29, 0.717) is 25.8 Å². The first-order chi connectivity index (χ1) is 9.06. The fourth-order valence-electron chi connectivity index (χ4n) is 2.30. The van der Waals surface area contributed by atoms with Gasteiger partial charge in [-0.1, -0.05) is 6.92 Å². The summed E-state index contributed by atoms with van der Waals surface area (Å²) in [6.45, 7) is 7.58. The van der Waals surface area contributed by atoms with Crippen LogP contribution in [0.2, 0.25) is 0 Å². The van der Waals surface area contributed by atoms with E-state index in [9.17, 15) is 9.59 Å². The number of nitrogens with one attached hydrogen (secondary N) is 3. The molecule has 0 unspecified atom stereocenters. The minimum absolute atomic E-state index is 0. The zero-order chi connectivity index (χ0) is 14.1. The highest BCUT2D eigenvalue weighted by Crippen LogP contribution is 2.26. The molecular formula is C14H28ClN3O2. The standard InChI is InChI=1S/C14H27N3O2.ClH/c1-3-16-12(18)5-4-6-13(19)17-11-14(2)7-9-15-10-8-14;/h15H,3-11H2,1-2H3,(H,16,18)(H,17,19);1H. The molecule has 1 rings (SSSR count). The normalized spacial score (nSPS) is 16.9. The van der Waals surface area contributed by atoms with Gasteiger partial charge in [0.1, 0.15) is 0 Å². The molecule has 6 heteroatoms. The Balaban J connectivity index is 0.00000361. The van der Waals surface area contributed by atoms with Crippen molar-refractivity contribution in [3.8, 4) is 0 Å². The van der Waals surface area contributed by atoms with Crippen LogP contribution >= 0.6 is 12.4 Å². The van der Waals surface area contributed by atoms with Gasteiger partial charge in [-0.05, 0) is 44.7 Å². The number of rotatable bonds is 7. The maximum absolute atomic E-state index is 11.7. The summed E-state index contributed by atoms with van der Waals surface area (Å²) < 4.78 is 0. The van der Waals surface area contributed by atoms with E-state index in [2.05, 4.69) is 22.9 Å². The molecule has 1 heterocycles. The molecule has 0 radical (unpaired) electrons. The van der Waals surface area contributed by atoms with E-state index in [-0.39, 0.29) is 29.6 Å². The first kappa shape index (κ1) is 19.2. The average Bonchev–Trinajstić information content (AvgIpc) is 2.38. The highest BCUT2D eigenvalue weighted by Gasteiger charge is 2.26. The van der Waals surface area contributed by atoms with Gasteiger partial charge in [-0.3, -0.25) is 9.59 Å². The van der Waals surface area contributed by atoms with Gasteiger partial charge in [0.2, 0.25) is 11.8 Å². The minimum atomic E-state index is 0. The van der Waals surface area contributed by atoms with Crippen LogP contribution in [0.1, 0.15) is 46.0 Å². The highest BCUT2D eigenvalue weighted by molar-refractivity contribution is 5.85. The third-order valence-corrected chi connectivity index (χ3v) is 3.70. The molecule has 0 atom stereocenters. The summed E-state index contributed by atoms with van der Waals surface area (Å²) in [6, 6.07) is 0. The van der Waals surface area contributed by atoms with Crippen molar-refractivity contribution in [2.75, 3.05) is 26.2 Å². The Morgan fingerprint density at radius 3 is 2.20 bits per heavy atom. The van der Waals surface area contributed by atoms with E-state index in [4.69, 9.17) is 0 Å². The summed E-state index contributed by atoms with van der Waals surface area (Å²) in [5.41, 5.74) is 0.223. The summed E-state index contributed by atoms with van der Waals surface area (Å²) in [4.78, 5) is 22.9. The van der Waals surface area contributed by atoms with Gasteiger partial charge in [-0.25, -0.2) is 0 Å². The van der Waals surface area contributed by atoms with E-state index in [1.165, 1.54) is 0 Å². The van der Waals surface area contributed by atoms with E-state index in [1.54, 1.807) is 0 Å². The molecule has 0 bridgehead atoms. The fraction of sp³-hybridized carbons (Fsp3) is 0.857. The van der Waals surface area contributed by atoms with Crippen molar-refractivity contribution < 1.29 is 9.59 Å². The zero-order valence-corrected chi connectivity index (χ0v) is 13.4. The van der Waals surface area contributed by atoms with Crippen LogP contribution in [0.4, 0.5) is 0 Å². The van der Waals surface area contributed by atoms with Gasteiger partial charge >= 0.3 is 0 Å². The maximum atomic E-state index is 11.7. The summed E-state index contributed by atoms with van der Waals surface area (Å²) in [7, 11) is 0. The molecule has 20 heavy (non-hydrogen) atoms. The van der Waals surface area contributed by atoms with Crippen LogP contribution in [0.3, 0.4) is 0 Å². The number of carbonyl (C=O) groups is 2. The zero-order valence-electron chi connectivity index (χ0n) is 12.6. The molecule has 0 spiro atoms. The topological polar surface area (TPSA) is 70.2 Å². The highest BCUT2D eigenvalue weighted by atomic mass is 35.5. The van der Waals surface area contributed by atoms with Gasteiger partial charge in [-0.2, -0.15) is 0 Å². The predicted molar refractivity (Wildman–Crippen MR) is 83.0 cm³/mol. The fourth-order valence-corrected chi connectivity index (χ4v) is 2.30. The summed E-state index contributed by atoms with van der Waals surface area (Å²) in [5, 5.41) is 9.06. The quantitative estimate of drug-likeness (QED) is 0.662. The molecule has 1 aliphatic heterocycles. The maximum Gasteiger partial charge on any atom is 0.220 e. The van der Waals surface area contributed by atoms with Crippen LogP contribution in [0.25, 0.3) is 0 Å². The smallest absolute Gasteiger partial charge is 0.220 e. The van der Waals surface area contributed by atoms with Gasteiger partial charge in [0.15, 0.2) is 0 Å². The van der Waals surface area contributed by atoms with Crippen molar-refractivity contribution >= 4 is 24.2 Å². The van der Waals surface area contributed by atoms with Crippen molar-refractivity contribution in [2.24, 2.45) is 5.41 Å². The van der Waals surface area contributed by atoms with Crippen molar-refractivity contribution in [3.05, 3.63) is 0 Å². The van der Waals surface area contributed by atoms with Crippen LogP contribution < -0.4 is 16.0 Å². The summed E-state index contributed by atoms with van der Waals surface area (Å²) in [5.74, 6) is 0.0877. The van der Waals surface area contributed by atoms with Gasteiger partial charge in [0, 0.05) is 25.9 Å². The van der Waals surface area contributed by atoms with Crippen LogP contribution in [0.5, 0.6) is 0 Å². The number of hydrogen-bond acceptors (Lipinski definition) is 3. The molecule has 1 aliphatic rings. The Morgan fingerprint density at radius 2 is 1.65 bits per heavy atom. The lowest BCUT2D eigenvalue weighted by molar-refractivity contribution is -0.122. The Morgan fingerprint density at radius 1 is 1.10 bits per heavy atom. The second kappa shape index (κ2) is 10.00. The van der Waals surface area contributed by atoms with Crippen molar-refractivity contribution in [3.63, 3.8) is 0 Å². The van der Waals surface area contributed by atoms with Crippen molar-refractivity contribution in [1.29, 1.82) is 0 Å². The summed E-state index contributed by atoms with van der Waals surface area (Å²) in [6.07, 6.45) is 3.70. The molecule has 0 aromatic carbocycles. The lowest BCUT2D eigenvalue weighted by Gasteiger charge is -2.34. The van der Waals surface area contributed by atoms with Crippen LogP contribution in [-0.4, -0.2) is 38.0 Å². The van der Waals surface area contributed by atoms with Gasteiger partial charge in [0.05, 0.1) is 0 Å². The lowest BCUT2D eigenvalue weighted by Crippen LogP contribution is -2.42. The second-order valence-corrected chi connectivity index (χ2v) is 5.64. The predicted octanol–water partition coefficient (Wildman–Crippen LogP) is 1.22. The molecule has 0 aliphatic carbocycles. The Hall–Kier alpha value is -0.810. The number of halogens is 1. The van der Waals surface area contributed by atoms with Gasteiger partial charge in [0.25, 0.3) is 0 Å². The van der Waals surface area contributed by atoms with E-state index in [1.807, 2.05) is 6.92 Å². The molecule has 1 saturated heterocycles. The second-order valence-electron chi connectivity index (χ2n) is 5.64. The molecule has 2 amide bonds. The van der Waals surface area contributed by atoms with Crippen LogP contribution in [0.15, 0.2) is 0 Å². The van der Waals surface area contributed by atoms with E-state index >= 15 is 0 Å². The monoisotopic (exact) mass is 305 g/mol. The number of carbonyl (C=O) groups excluding carboxylic acids is 2. The number of piperidine rings is 1. The van der Waals surface area contributed by atoms with Gasteiger partial charge < -0.3 is 16.0 Å². The first-order valence-corrected chi connectivity index (χ1v) is 7.30. The molecule has 118 valence electrons. The van der Waals surface area contributed by atoms with Crippen LogP contribution in [-0.2, 0) is 9.59 Å². The van der Waals surface area contributed by atoms with Crippen molar-refractivity contribution in [1.82, 2.24) is 16.0 Å². The van der Waals surface area contributed by atoms with Gasteiger partial charge in [-0.15, -0.1) is 12.4 Å². The third kappa shape index (κ3) is 7.70. The Labute approximate surface area is 128 Å². The molecule has 0 aromatic rings. The lowest BCUT2D eigenvalue weighted by atomic mass is 9.81. The average molecular weight is 306 g/mol. The third-order valence-electron chi connectivity index (χ3n) is 3.70. The molecule has 5 nitrogen and oxygen atoms in total. The van der Waals surface area contributed by atoms with Crippen LogP contribution in [0, 0.1) is 5.41 Å².